The van der Waals surface area contributed by atoms with Gasteiger partial charge in [-0.05, 0) is 55.3 Å². The molecule has 29 heavy (non-hydrogen) atoms. The number of anilines is 1. The summed E-state index contributed by atoms with van der Waals surface area (Å²) in [5.74, 6) is 1.03. The van der Waals surface area contributed by atoms with Crippen molar-refractivity contribution in [3.05, 3.63) is 47.0 Å². The van der Waals surface area contributed by atoms with Crippen LogP contribution >= 0.6 is 11.3 Å². The largest absolute Gasteiger partial charge is 0.493 e. The van der Waals surface area contributed by atoms with Crippen LogP contribution in [0.4, 0.5) is 5.13 Å². The van der Waals surface area contributed by atoms with E-state index < -0.39 is 0 Å². The van der Waals surface area contributed by atoms with Gasteiger partial charge in [0.2, 0.25) is 0 Å². The van der Waals surface area contributed by atoms with Crippen molar-refractivity contribution in [3.8, 4) is 11.5 Å². The third-order valence-corrected chi connectivity index (χ3v) is 5.98. The number of benzene rings is 2. The van der Waals surface area contributed by atoms with Gasteiger partial charge in [0.25, 0.3) is 5.91 Å². The van der Waals surface area contributed by atoms with E-state index in [2.05, 4.69) is 40.1 Å². The molecule has 3 aromatic rings. The van der Waals surface area contributed by atoms with E-state index in [-0.39, 0.29) is 5.91 Å². The molecule has 0 aliphatic rings. The summed E-state index contributed by atoms with van der Waals surface area (Å²) in [6.07, 6.45) is 0. The third kappa shape index (κ3) is 4.52. The highest BCUT2D eigenvalue weighted by Crippen LogP contribution is 2.33. The number of thiazole rings is 1. The lowest BCUT2D eigenvalue weighted by Crippen LogP contribution is -3.06. The molecule has 1 amide bonds. The minimum Gasteiger partial charge on any atom is -0.493 e. The maximum atomic E-state index is 13.4. The molecule has 3 rings (SSSR count). The Kier molecular flexibility index (Phi) is 6.39. The first-order valence-electron chi connectivity index (χ1n) is 9.54. The monoisotopic (exact) mass is 414 g/mol. The summed E-state index contributed by atoms with van der Waals surface area (Å²) in [5.41, 5.74) is 3.89. The molecule has 0 bridgehead atoms. The Morgan fingerprint density at radius 1 is 1.07 bits per heavy atom. The average molecular weight is 415 g/mol. The van der Waals surface area contributed by atoms with E-state index in [4.69, 9.17) is 14.5 Å². The SMILES string of the molecule is COc1ccc(C(=O)N(CC[NH+](C)C)c2nc3cc(C)c(C)cc3s2)cc1OC. The molecule has 0 saturated heterocycles. The average Bonchev–Trinajstić information content (AvgIpc) is 3.09. The van der Waals surface area contributed by atoms with Crippen LogP contribution in [0.1, 0.15) is 21.5 Å². The predicted molar refractivity (Wildman–Crippen MR) is 118 cm³/mol. The van der Waals surface area contributed by atoms with Gasteiger partial charge >= 0.3 is 0 Å². The maximum absolute atomic E-state index is 13.4. The van der Waals surface area contributed by atoms with Crippen molar-refractivity contribution in [2.45, 2.75) is 13.8 Å². The zero-order valence-electron chi connectivity index (χ0n) is 17.8. The molecule has 0 radical (unpaired) electrons. The van der Waals surface area contributed by atoms with Crippen molar-refractivity contribution < 1.29 is 19.2 Å². The molecule has 1 aromatic heterocycles. The van der Waals surface area contributed by atoms with Gasteiger partial charge in [0.05, 0.1) is 51.6 Å². The molecule has 0 aliphatic heterocycles. The highest BCUT2D eigenvalue weighted by molar-refractivity contribution is 7.22. The van der Waals surface area contributed by atoms with Crippen molar-refractivity contribution in [1.29, 1.82) is 0 Å². The van der Waals surface area contributed by atoms with Gasteiger partial charge in [-0.15, -0.1) is 0 Å². The highest BCUT2D eigenvalue weighted by Gasteiger charge is 2.23. The van der Waals surface area contributed by atoms with Crippen molar-refractivity contribution in [2.24, 2.45) is 0 Å². The van der Waals surface area contributed by atoms with Gasteiger partial charge in [-0.25, -0.2) is 4.98 Å². The van der Waals surface area contributed by atoms with Gasteiger partial charge in [-0.1, -0.05) is 11.3 Å². The molecule has 1 heterocycles. The Morgan fingerprint density at radius 2 is 1.76 bits per heavy atom. The summed E-state index contributed by atoms with van der Waals surface area (Å²) in [7, 11) is 7.29. The third-order valence-electron chi connectivity index (χ3n) is 4.93. The topological polar surface area (TPSA) is 56.1 Å². The Labute approximate surface area is 175 Å². The molecule has 154 valence electrons. The number of hydrogen-bond acceptors (Lipinski definition) is 5. The standard InChI is InChI=1S/C22H27N3O3S/c1-14-11-17-20(12-15(14)2)29-22(23-17)25(10-9-24(3)4)21(26)16-7-8-18(27-5)19(13-16)28-6/h7-8,11-13H,9-10H2,1-6H3/p+1. The van der Waals surface area contributed by atoms with Crippen LogP contribution in [-0.2, 0) is 0 Å². The number of aryl methyl sites for hydroxylation is 2. The van der Waals surface area contributed by atoms with Crippen LogP contribution in [0.3, 0.4) is 0 Å². The number of nitrogens with one attached hydrogen (secondary N) is 1. The van der Waals surface area contributed by atoms with E-state index in [0.717, 1.165) is 16.8 Å². The summed E-state index contributed by atoms with van der Waals surface area (Å²) >= 11 is 1.55. The molecule has 2 aromatic carbocycles. The number of rotatable bonds is 7. The molecule has 0 fully saturated rings. The number of carbonyl (C=O) groups is 1. The Hall–Kier alpha value is -2.64. The van der Waals surface area contributed by atoms with E-state index in [0.29, 0.717) is 28.7 Å². The number of hydrogen-bond donors (Lipinski definition) is 1. The molecule has 0 aliphatic carbocycles. The van der Waals surface area contributed by atoms with E-state index in [9.17, 15) is 4.79 Å². The zero-order chi connectivity index (χ0) is 21.1. The second-order valence-electron chi connectivity index (χ2n) is 7.38. The van der Waals surface area contributed by atoms with Crippen LogP contribution in [0.2, 0.25) is 0 Å². The number of fused-ring (bicyclic) bond motifs is 1. The number of methoxy groups -OCH3 is 2. The van der Waals surface area contributed by atoms with Crippen LogP contribution in [0.15, 0.2) is 30.3 Å². The lowest BCUT2D eigenvalue weighted by Gasteiger charge is -2.21. The lowest BCUT2D eigenvalue weighted by atomic mass is 10.1. The van der Waals surface area contributed by atoms with Gasteiger partial charge in [-0.2, -0.15) is 0 Å². The maximum Gasteiger partial charge on any atom is 0.260 e. The number of ether oxygens (including phenoxy) is 2. The molecule has 6 nitrogen and oxygen atoms in total. The first-order valence-corrected chi connectivity index (χ1v) is 10.4. The van der Waals surface area contributed by atoms with Gasteiger partial charge in [-0.3, -0.25) is 9.69 Å². The first kappa shape index (κ1) is 21.1. The fraction of sp³-hybridized carbons (Fsp3) is 0.364. The molecular weight excluding hydrogens is 386 g/mol. The number of quaternary nitrogens is 1. The van der Waals surface area contributed by atoms with E-state index in [1.807, 2.05) is 0 Å². The van der Waals surface area contributed by atoms with Gasteiger partial charge in [0, 0.05) is 5.56 Å². The van der Waals surface area contributed by atoms with Crippen LogP contribution in [0.25, 0.3) is 10.2 Å². The zero-order valence-corrected chi connectivity index (χ0v) is 18.6. The first-order chi connectivity index (χ1) is 13.8. The Morgan fingerprint density at radius 3 is 2.41 bits per heavy atom. The number of aromatic nitrogens is 1. The van der Waals surface area contributed by atoms with Crippen molar-refractivity contribution in [3.63, 3.8) is 0 Å². The normalized spacial score (nSPS) is 11.1. The van der Waals surface area contributed by atoms with Gasteiger partial charge < -0.3 is 14.4 Å². The number of carbonyl (C=O) groups excluding carboxylic acids is 1. The fourth-order valence-electron chi connectivity index (χ4n) is 3.03. The molecule has 0 unspecified atom stereocenters. The van der Waals surface area contributed by atoms with Crippen molar-refractivity contribution >= 4 is 32.6 Å². The Balaban J connectivity index is 2.02. The summed E-state index contributed by atoms with van der Waals surface area (Å²) in [6, 6.07) is 9.47. The quantitative estimate of drug-likeness (QED) is 0.646. The molecular formula is C22H28N3O3S+. The summed E-state index contributed by atoms with van der Waals surface area (Å²) in [4.78, 5) is 21.2. The van der Waals surface area contributed by atoms with Crippen molar-refractivity contribution in [2.75, 3.05) is 46.3 Å². The van der Waals surface area contributed by atoms with Gasteiger partial charge in [0.15, 0.2) is 16.6 Å². The van der Waals surface area contributed by atoms with E-state index >= 15 is 0 Å². The molecule has 0 atom stereocenters. The number of likely N-dealkylation sites (N-methyl/N-ethyl adjacent to an activating group) is 1. The molecule has 0 saturated carbocycles. The van der Waals surface area contributed by atoms with Crippen molar-refractivity contribution in [1.82, 2.24) is 4.98 Å². The number of nitrogens with zero attached hydrogens (tertiary/aromatic N) is 2. The van der Waals surface area contributed by atoms with Gasteiger partial charge in [0.1, 0.15) is 0 Å². The predicted octanol–water partition coefficient (Wildman–Crippen LogP) is 2.72. The van der Waals surface area contributed by atoms with Crippen LogP contribution in [-0.4, -0.2) is 52.3 Å². The summed E-state index contributed by atoms with van der Waals surface area (Å²) in [6.45, 7) is 5.56. The smallest absolute Gasteiger partial charge is 0.260 e. The fourth-order valence-corrected chi connectivity index (χ4v) is 4.10. The molecule has 0 spiro atoms. The van der Waals surface area contributed by atoms with Crippen LogP contribution < -0.4 is 19.3 Å². The summed E-state index contributed by atoms with van der Waals surface area (Å²) in [5, 5.41) is 0.714. The highest BCUT2D eigenvalue weighted by atomic mass is 32.1. The van der Waals surface area contributed by atoms with E-state index in [1.165, 1.54) is 16.0 Å². The molecule has 1 N–H and O–H groups in total. The van der Waals surface area contributed by atoms with E-state index in [1.54, 1.807) is 48.7 Å². The number of amides is 1. The van der Waals surface area contributed by atoms with Crippen LogP contribution in [0.5, 0.6) is 11.5 Å². The minimum absolute atomic E-state index is 0.0975. The molecule has 7 heteroatoms. The minimum atomic E-state index is -0.0975. The second kappa shape index (κ2) is 8.80. The summed E-state index contributed by atoms with van der Waals surface area (Å²) < 4.78 is 11.8. The second-order valence-corrected chi connectivity index (χ2v) is 8.39. The lowest BCUT2D eigenvalue weighted by molar-refractivity contribution is -0.856. The Bertz CT molecular complexity index is 991. The van der Waals surface area contributed by atoms with Crippen LogP contribution in [0, 0.1) is 13.8 Å².